The van der Waals surface area contributed by atoms with E-state index in [0.29, 0.717) is 29.3 Å². The largest absolute Gasteiger partial charge is 0.509 e. The molecule has 73 heavy (non-hydrogen) atoms. The molecule has 0 N–H and O–H groups in total. The van der Waals surface area contributed by atoms with Crippen LogP contribution in [0.15, 0.2) is 152 Å². The first-order chi connectivity index (χ1) is 34.5. The topological polar surface area (TPSA) is 33.5 Å². The summed E-state index contributed by atoms with van der Waals surface area (Å²) in [6.45, 7) is 29.7. The van der Waals surface area contributed by atoms with E-state index in [-0.39, 0.29) is 31.9 Å². The fourth-order valence-electron chi connectivity index (χ4n) is 10.6. The second-order valence-corrected chi connectivity index (χ2v) is 22.4. The van der Waals surface area contributed by atoms with Gasteiger partial charge in [0, 0.05) is 61.3 Å². The van der Waals surface area contributed by atoms with Crippen LogP contribution in [0.4, 0.5) is 22.7 Å². The van der Waals surface area contributed by atoms with Crippen LogP contribution in [0.1, 0.15) is 141 Å². The fourth-order valence-corrected chi connectivity index (χ4v) is 10.6. The summed E-state index contributed by atoms with van der Waals surface area (Å²) in [5.41, 5.74) is 17.3. The minimum atomic E-state index is -0.0766. The van der Waals surface area contributed by atoms with Crippen LogP contribution in [0, 0.1) is 18.8 Å². The standard InChI is InChI=1S/C67H69N4O.Pt/c1-13-45(14-2)47-27-30-61-63(37-47)70(52-34-48(46-21-16-15-17-22-46)33-51(38-52)67(10,11)12)42-69(61)53-35-49(65-56(43(3)4)24-20-25-57(65)44(5)6)36-55(40-53)72-54-28-29-59-58-23-18-19-26-60(58)71(62(59)41-54)64-39-50(31-32-68-64)66(7,8)9;/h15-39,42-45H,13-14H2,1-12H3;/q-3;. The second-order valence-electron chi connectivity index (χ2n) is 22.4. The molecular formula is C67H69N4OPt-3. The van der Waals surface area contributed by atoms with Gasteiger partial charge in [0.2, 0.25) is 0 Å². The molecule has 0 saturated carbocycles. The molecule has 1 aliphatic rings. The Morgan fingerprint density at radius 1 is 0.575 bits per heavy atom. The maximum absolute atomic E-state index is 7.11. The summed E-state index contributed by atoms with van der Waals surface area (Å²) >= 11 is 0. The Balaban J connectivity index is 0.00000656. The van der Waals surface area contributed by atoms with Crippen molar-refractivity contribution in [2.45, 2.75) is 125 Å². The predicted molar refractivity (Wildman–Crippen MR) is 304 cm³/mol. The summed E-state index contributed by atoms with van der Waals surface area (Å²) in [5.74, 6) is 3.12. The van der Waals surface area contributed by atoms with Gasteiger partial charge in [0.25, 0.3) is 0 Å². The van der Waals surface area contributed by atoms with Crippen LogP contribution in [0.2, 0.25) is 0 Å². The third kappa shape index (κ3) is 10.0. The van der Waals surface area contributed by atoms with Crippen molar-refractivity contribution in [3.8, 4) is 39.6 Å². The van der Waals surface area contributed by atoms with Crippen molar-refractivity contribution in [3.05, 3.63) is 198 Å². The average molecular weight is 1140 g/mol. The van der Waals surface area contributed by atoms with E-state index in [1.54, 1.807) is 0 Å². The molecule has 0 saturated heterocycles. The summed E-state index contributed by atoms with van der Waals surface area (Å²) in [6, 6.07) is 60.9. The van der Waals surface area contributed by atoms with E-state index in [4.69, 9.17) is 9.72 Å². The maximum atomic E-state index is 7.11. The number of hydrogen-bond donors (Lipinski definition) is 0. The Bertz CT molecular complexity index is 3410. The molecule has 10 rings (SSSR count). The molecule has 7 aromatic carbocycles. The number of ether oxygens (including phenoxy) is 1. The Morgan fingerprint density at radius 2 is 1.27 bits per heavy atom. The number of hydrogen-bond acceptors (Lipinski definition) is 4. The molecule has 5 nitrogen and oxygen atoms in total. The third-order valence-electron chi connectivity index (χ3n) is 14.7. The van der Waals surface area contributed by atoms with Gasteiger partial charge in [-0.15, -0.1) is 53.6 Å². The molecule has 3 heterocycles. The third-order valence-corrected chi connectivity index (χ3v) is 14.7. The molecule has 6 heteroatoms. The van der Waals surface area contributed by atoms with Gasteiger partial charge in [0.15, 0.2) is 0 Å². The normalized spacial score (nSPS) is 12.9. The SMILES string of the molecule is CCC(CC)c1ccc2c(c1)N(c1cc(-c3ccccc3)cc(C(C)(C)C)c1)[CH-]N2c1[c-]c(Oc2[c-]c3c(cc2)c2ccccc2n3-c2cc(C(C)(C)C)ccn2)cc(-c2c(C(C)C)cccc2C(C)C)c1.[Pt]. The van der Waals surface area contributed by atoms with Gasteiger partial charge in [-0.2, -0.15) is 6.07 Å². The first-order valence-electron chi connectivity index (χ1n) is 26.1. The van der Waals surface area contributed by atoms with Crippen LogP contribution in [0.25, 0.3) is 49.9 Å². The summed E-state index contributed by atoms with van der Waals surface area (Å²) in [5, 5.41) is 2.23. The van der Waals surface area contributed by atoms with Gasteiger partial charge in [-0.05, 0) is 134 Å². The first-order valence-corrected chi connectivity index (χ1v) is 26.1. The monoisotopic (exact) mass is 1140 g/mol. The molecule has 0 radical (unpaired) electrons. The number of rotatable bonds is 12. The van der Waals surface area contributed by atoms with E-state index in [1.807, 2.05) is 12.3 Å². The first kappa shape index (κ1) is 51.5. The Labute approximate surface area is 449 Å². The van der Waals surface area contributed by atoms with Gasteiger partial charge >= 0.3 is 0 Å². The summed E-state index contributed by atoms with van der Waals surface area (Å²) in [4.78, 5) is 9.66. The van der Waals surface area contributed by atoms with Gasteiger partial charge in [0.1, 0.15) is 5.82 Å². The Hall–Kier alpha value is -6.42. The average Bonchev–Trinajstić information content (AvgIpc) is 3.92. The van der Waals surface area contributed by atoms with Crippen LogP contribution in [0.5, 0.6) is 11.5 Å². The Kier molecular flexibility index (Phi) is 14.4. The minimum Gasteiger partial charge on any atom is -0.509 e. The summed E-state index contributed by atoms with van der Waals surface area (Å²) in [7, 11) is 0. The van der Waals surface area contributed by atoms with Gasteiger partial charge in [-0.1, -0.05) is 167 Å². The van der Waals surface area contributed by atoms with Crippen molar-refractivity contribution in [3.63, 3.8) is 0 Å². The molecule has 0 amide bonds. The smallest absolute Gasteiger partial charge is 0.135 e. The van der Waals surface area contributed by atoms with Crippen molar-refractivity contribution in [2.75, 3.05) is 9.80 Å². The molecular weight excluding hydrogens is 1070 g/mol. The van der Waals surface area contributed by atoms with Crippen LogP contribution in [-0.4, -0.2) is 9.55 Å². The van der Waals surface area contributed by atoms with E-state index in [0.717, 1.165) is 68.8 Å². The zero-order chi connectivity index (χ0) is 50.6. The van der Waals surface area contributed by atoms with Crippen molar-refractivity contribution in [1.82, 2.24) is 9.55 Å². The molecule has 9 aromatic rings. The molecule has 0 spiro atoms. The van der Waals surface area contributed by atoms with Crippen LogP contribution < -0.4 is 14.5 Å². The summed E-state index contributed by atoms with van der Waals surface area (Å²) in [6.07, 6.45) is 4.08. The van der Waals surface area contributed by atoms with Crippen molar-refractivity contribution >= 4 is 44.6 Å². The van der Waals surface area contributed by atoms with Crippen LogP contribution in [0.3, 0.4) is 0 Å². The van der Waals surface area contributed by atoms with Crippen molar-refractivity contribution in [1.29, 1.82) is 0 Å². The van der Waals surface area contributed by atoms with E-state index in [2.05, 4.69) is 256 Å². The van der Waals surface area contributed by atoms with Gasteiger partial charge < -0.3 is 19.1 Å². The number of aromatic nitrogens is 2. The number of fused-ring (bicyclic) bond motifs is 4. The van der Waals surface area contributed by atoms with Crippen molar-refractivity contribution in [2.24, 2.45) is 0 Å². The minimum absolute atomic E-state index is 0. The molecule has 2 aromatic heterocycles. The van der Waals surface area contributed by atoms with E-state index < -0.39 is 0 Å². The predicted octanol–water partition coefficient (Wildman–Crippen LogP) is 19.1. The number of benzene rings is 7. The van der Waals surface area contributed by atoms with Gasteiger partial charge in [-0.25, -0.2) is 4.98 Å². The second kappa shape index (κ2) is 20.5. The van der Waals surface area contributed by atoms with Crippen LogP contribution in [-0.2, 0) is 31.9 Å². The quantitative estimate of drug-likeness (QED) is 0.114. The molecule has 0 bridgehead atoms. The number of para-hydroxylation sites is 1. The van der Waals surface area contributed by atoms with E-state index >= 15 is 0 Å². The van der Waals surface area contributed by atoms with E-state index in [1.165, 1.54) is 44.5 Å². The summed E-state index contributed by atoms with van der Waals surface area (Å²) < 4.78 is 9.34. The number of pyridine rings is 1. The molecule has 376 valence electrons. The van der Waals surface area contributed by atoms with Gasteiger partial charge in [-0.3, -0.25) is 0 Å². The van der Waals surface area contributed by atoms with Crippen LogP contribution >= 0.6 is 0 Å². The number of nitrogens with zero attached hydrogens (tertiary/aromatic N) is 4. The Morgan fingerprint density at radius 3 is 1.96 bits per heavy atom. The molecule has 0 aliphatic carbocycles. The zero-order valence-electron chi connectivity index (χ0n) is 44.7. The van der Waals surface area contributed by atoms with E-state index in [9.17, 15) is 0 Å². The molecule has 1 aliphatic heterocycles. The molecule has 0 unspecified atom stereocenters. The zero-order valence-corrected chi connectivity index (χ0v) is 46.9. The number of anilines is 4. The maximum Gasteiger partial charge on any atom is 0.135 e. The fraction of sp³-hybridized carbons (Fsp3) is 0.284. The molecule has 0 atom stereocenters. The molecule has 0 fully saturated rings. The van der Waals surface area contributed by atoms with Gasteiger partial charge in [0.05, 0.1) is 0 Å². The van der Waals surface area contributed by atoms with Crippen molar-refractivity contribution < 1.29 is 25.8 Å².